The molecule has 0 spiro atoms. The third-order valence-electron chi connectivity index (χ3n) is 7.16. The van der Waals surface area contributed by atoms with Crippen molar-refractivity contribution in [2.75, 3.05) is 52.1 Å². The maximum atomic E-state index is 12.3. The van der Waals surface area contributed by atoms with E-state index in [-0.39, 0.29) is 25.3 Å². The Balaban J connectivity index is 0.00000353. The molecule has 39 heavy (non-hydrogen) atoms. The van der Waals surface area contributed by atoms with E-state index in [9.17, 15) is 4.79 Å². The van der Waals surface area contributed by atoms with Crippen LogP contribution in [-0.4, -0.2) is 82.5 Å². The van der Waals surface area contributed by atoms with Crippen molar-refractivity contribution < 1.29 is 4.79 Å². The fourth-order valence-electron chi connectivity index (χ4n) is 4.81. The first-order chi connectivity index (χ1) is 18.5. The van der Waals surface area contributed by atoms with E-state index < -0.39 is 0 Å². The molecular weight excluding hydrogens is 508 g/mol. The molecule has 1 atom stereocenters. The largest absolute Gasteiger partial charge is 0.369 e. The molecule has 10 heteroatoms. The van der Waals surface area contributed by atoms with Gasteiger partial charge in [0.05, 0.1) is 22.5 Å². The summed E-state index contributed by atoms with van der Waals surface area (Å²) in [5.74, 6) is 0.776. The van der Waals surface area contributed by atoms with Crippen molar-refractivity contribution >= 4 is 36.1 Å². The molecular formula is C29H36N8OS. The van der Waals surface area contributed by atoms with E-state index >= 15 is 0 Å². The summed E-state index contributed by atoms with van der Waals surface area (Å²) in [5, 5.41) is 7.01. The predicted molar refractivity (Wildman–Crippen MR) is 160 cm³/mol. The van der Waals surface area contributed by atoms with Crippen molar-refractivity contribution in [3.05, 3.63) is 78.0 Å². The summed E-state index contributed by atoms with van der Waals surface area (Å²) < 4.78 is 0. The second kappa shape index (κ2) is 13.0. The van der Waals surface area contributed by atoms with Crippen LogP contribution in [0.3, 0.4) is 0 Å². The first-order valence-corrected chi connectivity index (χ1v) is 13.0. The van der Waals surface area contributed by atoms with Crippen LogP contribution in [0.5, 0.6) is 0 Å². The van der Waals surface area contributed by atoms with Crippen LogP contribution in [0.1, 0.15) is 34.5 Å². The van der Waals surface area contributed by atoms with Crippen LogP contribution in [0.2, 0.25) is 0 Å². The average Bonchev–Trinajstić information content (AvgIpc) is 2.96. The van der Waals surface area contributed by atoms with Gasteiger partial charge in [-0.15, -0.1) is 0 Å². The zero-order valence-electron chi connectivity index (χ0n) is 22.7. The van der Waals surface area contributed by atoms with Gasteiger partial charge in [0, 0.05) is 81.6 Å². The maximum absolute atomic E-state index is 12.3. The van der Waals surface area contributed by atoms with Crippen molar-refractivity contribution in [1.29, 1.82) is 0 Å². The summed E-state index contributed by atoms with van der Waals surface area (Å²) in [6.07, 6.45) is 5.17. The maximum Gasteiger partial charge on any atom is 0.251 e. The minimum absolute atomic E-state index is 0. The predicted octanol–water partition coefficient (Wildman–Crippen LogP) is 3.52. The van der Waals surface area contributed by atoms with Crippen molar-refractivity contribution in [1.82, 2.24) is 35.1 Å². The number of aromatic nitrogens is 4. The molecule has 1 aromatic carbocycles. The lowest BCUT2D eigenvalue weighted by Crippen LogP contribution is -2.43. The number of fused-ring (bicyclic) bond motifs is 1. The van der Waals surface area contributed by atoms with Crippen LogP contribution >= 0.6 is 13.5 Å². The van der Waals surface area contributed by atoms with Gasteiger partial charge >= 0.3 is 0 Å². The molecule has 4 heterocycles. The molecule has 0 saturated carbocycles. The Hall–Kier alpha value is -3.60. The molecule has 5 rings (SSSR count). The number of carbonyl (C=O) groups is 1. The van der Waals surface area contributed by atoms with Gasteiger partial charge in [0.25, 0.3) is 5.91 Å². The number of para-hydroxylation sites is 1. The smallest absolute Gasteiger partial charge is 0.251 e. The van der Waals surface area contributed by atoms with Crippen LogP contribution in [0.15, 0.2) is 61.2 Å². The van der Waals surface area contributed by atoms with Gasteiger partial charge in [-0.1, -0.05) is 25.1 Å². The number of nitrogens with one attached hydrogen (secondary N) is 2. The lowest BCUT2D eigenvalue weighted by molar-refractivity contribution is 0.0964. The van der Waals surface area contributed by atoms with Gasteiger partial charge in [-0.2, -0.15) is 13.5 Å². The summed E-state index contributed by atoms with van der Waals surface area (Å²) >= 11 is 0. The zero-order chi connectivity index (χ0) is 26.5. The quantitative estimate of drug-likeness (QED) is 0.348. The Morgan fingerprint density at radius 1 is 1.03 bits per heavy atom. The van der Waals surface area contributed by atoms with Gasteiger partial charge in [-0.3, -0.25) is 19.7 Å². The minimum atomic E-state index is -0.115. The van der Waals surface area contributed by atoms with Crippen molar-refractivity contribution in [2.45, 2.75) is 19.4 Å². The monoisotopic (exact) mass is 544 g/mol. The first kappa shape index (κ1) is 28.4. The van der Waals surface area contributed by atoms with Crippen LogP contribution in [0, 0.1) is 0 Å². The molecule has 2 N–H and O–H groups in total. The summed E-state index contributed by atoms with van der Waals surface area (Å²) in [6, 6.07) is 13.9. The Labute approximate surface area is 236 Å². The van der Waals surface area contributed by atoms with Crippen LogP contribution in [-0.2, 0) is 6.54 Å². The Kier molecular flexibility index (Phi) is 9.45. The van der Waals surface area contributed by atoms with Gasteiger partial charge in [-0.05, 0) is 30.8 Å². The number of hydrogen-bond donors (Lipinski definition) is 2. The number of likely N-dealkylation sites (N-methyl/N-ethyl adjacent to an activating group) is 1. The van der Waals surface area contributed by atoms with Gasteiger partial charge in [0.15, 0.2) is 0 Å². The van der Waals surface area contributed by atoms with Gasteiger partial charge in [0.1, 0.15) is 12.1 Å². The first-order valence-electron chi connectivity index (χ1n) is 13.0. The summed E-state index contributed by atoms with van der Waals surface area (Å²) in [4.78, 5) is 35.3. The highest BCUT2D eigenvalue weighted by molar-refractivity contribution is 7.59. The van der Waals surface area contributed by atoms with E-state index in [0.717, 1.165) is 72.0 Å². The number of rotatable bonds is 8. The highest BCUT2D eigenvalue weighted by Crippen LogP contribution is 2.27. The molecule has 0 aliphatic carbocycles. The Morgan fingerprint density at radius 3 is 2.59 bits per heavy atom. The summed E-state index contributed by atoms with van der Waals surface area (Å²) in [6.45, 7) is 8.01. The molecule has 0 bridgehead atoms. The molecule has 1 fully saturated rings. The van der Waals surface area contributed by atoms with Gasteiger partial charge < -0.3 is 15.5 Å². The third-order valence-corrected chi connectivity index (χ3v) is 7.16. The van der Waals surface area contributed by atoms with Crippen LogP contribution < -0.4 is 10.6 Å². The fraction of sp³-hybridized carbons (Fsp3) is 0.345. The van der Waals surface area contributed by atoms with E-state index in [1.54, 1.807) is 25.6 Å². The van der Waals surface area contributed by atoms with Crippen molar-refractivity contribution in [3.8, 4) is 11.3 Å². The van der Waals surface area contributed by atoms with Gasteiger partial charge in [-0.25, -0.2) is 9.97 Å². The lowest BCUT2D eigenvalue weighted by Gasteiger charge is -2.32. The number of piperazine rings is 1. The molecule has 0 radical (unpaired) electrons. The topological polar surface area (TPSA) is 99.2 Å². The van der Waals surface area contributed by atoms with Crippen LogP contribution in [0.4, 0.5) is 5.82 Å². The molecule has 204 valence electrons. The third kappa shape index (κ3) is 6.70. The Morgan fingerprint density at radius 2 is 1.85 bits per heavy atom. The average molecular weight is 545 g/mol. The molecule has 1 saturated heterocycles. The number of amides is 1. The fourth-order valence-corrected chi connectivity index (χ4v) is 4.81. The molecule has 4 aromatic rings. The van der Waals surface area contributed by atoms with Crippen LogP contribution in [0.25, 0.3) is 22.2 Å². The van der Waals surface area contributed by atoms with E-state index in [1.807, 2.05) is 24.4 Å². The summed E-state index contributed by atoms with van der Waals surface area (Å²) in [5.41, 5.74) is 5.41. The lowest BCUT2D eigenvalue weighted by atomic mass is 9.96. The molecule has 9 nitrogen and oxygen atoms in total. The number of anilines is 1. The molecule has 1 aliphatic rings. The van der Waals surface area contributed by atoms with E-state index in [1.165, 1.54) is 0 Å². The highest BCUT2D eigenvalue weighted by Gasteiger charge is 2.16. The zero-order valence-corrected chi connectivity index (χ0v) is 23.7. The Bertz CT molecular complexity index is 1410. The summed E-state index contributed by atoms with van der Waals surface area (Å²) in [7, 11) is 3.81. The standard InChI is InChI=1S/C29H34N8O.H2S/c1-20(23-5-4-6-24-25(29(38)30-2)9-10-31-28(23)24)16-33-27-15-26(34-19-35-27)21-7-8-22(32-17-21)18-37-13-11-36(3)12-14-37;/h4-10,15,17,19-20H,11-14,16,18H2,1-3H3,(H,30,38)(H,33,34,35);1H2/t20-;/m1./s1. The van der Waals surface area contributed by atoms with Gasteiger partial charge in [0.2, 0.25) is 0 Å². The number of pyridine rings is 2. The minimum Gasteiger partial charge on any atom is -0.369 e. The second-order valence-electron chi connectivity index (χ2n) is 9.87. The number of benzene rings is 1. The van der Waals surface area contributed by atoms with Crippen molar-refractivity contribution in [3.63, 3.8) is 0 Å². The van der Waals surface area contributed by atoms with E-state index in [0.29, 0.717) is 12.1 Å². The normalized spacial score (nSPS) is 14.9. The molecule has 0 unspecified atom stereocenters. The van der Waals surface area contributed by atoms with E-state index in [4.69, 9.17) is 4.98 Å². The number of hydrogen-bond acceptors (Lipinski definition) is 8. The number of nitrogens with zero attached hydrogens (tertiary/aromatic N) is 6. The number of carbonyl (C=O) groups excluding carboxylic acids is 1. The SMILES string of the molecule is CNC(=O)c1ccnc2c([C@H](C)CNc3cc(-c4ccc(CN5CCN(C)CC5)nc4)ncn3)cccc12.S. The second-order valence-corrected chi connectivity index (χ2v) is 9.87. The van der Waals surface area contributed by atoms with Crippen molar-refractivity contribution in [2.24, 2.45) is 0 Å². The highest BCUT2D eigenvalue weighted by atomic mass is 32.1. The molecule has 3 aromatic heterocycles. The van der Waals surface area contributed by atoms with E-state index in [2.05, 4.69) is 67.6 Å². The molecule has 1 aliphatic heterocycles. The molecule has 1 amide bonds.